The van der Waals surface area contributed by atoms with Crippen LogP contribution in [0.1, 0.15) is 22.2 Å². The van der Waals surface area contributed by atoms with Crippen molar-refractivity contribution >= 4 is 27.8 Å². The standard InChI is InChI=1S/C10H9NO2S/c1-2-6-3-9-8(11-10(6)13)4-7(5-12)14-9/h3-5H,2H2,1H3,(H,11,13). The third kappa shape index (κ3) is 1.37. The average Bonchev–Trinajstić information content (AvgIpc) is 2.58. The molecule has 0 unspecified atom stereocenters. The highest BCUT2D eigenvalue weighted by molar-refractivity contribution is 7.20. The minimum absolute atomic E-state index is 0.0600. The van der Waals surface area contributed by atoms with E-state index in [1.54, 1.807) is 6.07 Å². The first-order valence-electron chi connectivity index (χ1n) is 4.35. The number of aromatic nitrogens is 1. The van der Waals surface area contributed by atoms with Crippen molar-refractivity contribution < 1.29 is 4.79 Å². The zero-order valence-corrected chi connectivity index (χ0v) is 8.48. The summed E-state index contributed by atoms with van der Waals surface area (Å²) in [5, 5.41) is 0. The van der Waals surface area contributed by atoms with Gasteiger partial charge in [0.15, 0.2) is 6.29 Å². The van der Waals surface area contributed by atoms with E-state index in [0.717, 1.165) is 22.1 Å². The summed E-state index contributed by atoms with van der Waals surface area (Å²) in [5.41, 5.74) is 1.45. The highest BCUT2D eigenvalue weighted by atomic mass is 32.1. The van der Waals surface area contributed by atoms with Crippen LogP contribution >= 0.6 is 11.3 Å². The average molecular weight is 207 g/mol. The molecule has 0 radical (unpaired) electrons. The largest absolute Gasteiger partial charge is 0.321 e. The quantitative estimate of drug-likeness (QED) is 0.765. The summed E-state index contributed by atoms with van der Waals surface area (Å²) in [6.45, 7) is 1.94. The highest BCUT2D eigenvalue weighted by Crippen LogP contribution is 2.22. The Morgan fingerprint density at radius 2 is 2.29 bits per heavy atom. The number of fused-ring (bicyclic) bond motifs is 1. The number of aromatic amines is 1. The number of aryl methyl sites for hydroxylation is 1. The van der Waals surface area contributed by atoms with E-state index in [4.69, 9.17) is 0 Å². The minimum atomic E-state index is -0.0600. The fourth-order valence-electron chi connectivity index (χ4n) is 1.38. The minimum Gasteiger partial charge on any atom is -0.321 e. The molecule has 3 nitrogen and oxygen atoms in total. The van der Waals surface area contributed by atoms with Crippen LogP contribution in [0.5, 0.6) is 0 Å². The first-order valence-corrected chi connectivity index (χ1v) is 5.17. The molecule has 0 aliphatic carbocycles. The van der Waals surface area contributed by atoms with Gasteiger partial charge < -0.3 is 4.98 Å². The molecule has 2 aromatic rings. The van der Waals surface area contributed by atoms with E-state index in [0.29, 0.717) is 11.3 Å². The van der Waals surface area contributed by atoms with Gasteiger partial charge in [-0.3, -0.25) is 9.59 Å². The maximum atomic E-state index is 11.4. The summed E-state index contributed by atoms with van der Waals surface area (Å²) in [6, 6.07) is 3.56. The van der Waals surface area contributed by atoms with Gasteiger partial charge in [0.05, 0.1) is 15.1 Å². The van der Waals surface area contributed by atoms with Crippen LogP contribution in [0.2, 0.25) is 0 Å². The maximum Gasteiger partial charge on any atom is 0.251 e. The van der Waals surface area contributed by atoms with E-state index < -0.39 is 0 Å². The topological polar surface area (TPSA) is 49.9 Å². The van der Waals surface area contributed by atoms with Crippen LogP contribution in [0.4, 0.5) is 0 Å². The molecule has 0 amide bonds. The molecule has 4 heteroatoms. The number of hydrogen-bond acceptors (Lipinski definition) is 3. The number of hydrogen-bond donors (Lipinski definition) is 1. The zero-order valence-electron chi connectivity index (χ0n) is 7.66. The predicted octanol–water partition coefficient (Wildman–Crippen LogP) is 1.96. The Bertz CT molecular complexity index is 539. The van der Waals surface area contributed by atoms with Crippen LogP contribution < -0.4 is 5.56 Å². The lowest BCUT2D eigenvalue weighted by Gasteiger charge is -1.94. The van der Waals surface area contributed by atoms with Crippen LogP contribution in [0.3, 0.4) is 0 Å². The molecule has 72 valence electrons. The lowest BCUT2D eigenvalue weighted by Crippen LogP contribution is -2.10. The molecule has 1 N–H and O–H groups in total. The second kappa shape index (κ2) is 3.38. The van der Waals surface area contributed by atoms with Crippen molar-refractivity contribution in [1.29, 1.82) is 0 Å². The second-order valence-corrected chi connectivity index (χ2v) is 4.14. The molecular weight excluding hydrogens is 198 g/mol. The fraction of sp³-hybridized carbons (Fsp3) is 0.200. The van der Waals surface area contributed by atoms with Crippen molar-refractivity contribution in [3.05, 3.63) is 32.9 Å². The Hall–Kier alpha value is -1.42. The molecule has 0 fully saturated rings. The van der Waals surface area contributed by atoms with E-state index in [1.807, 2.05) is 13.0 Å². The van der Waals surface area contributed by atoms with Gasteiger partial charge in [0.2, 0.25) is 0 Å². The lowest BCUT2D eigenvalue weighted by molar-refractivity contribution is 0.112. The van der Waals surface area contributed by atoms with Gasteiger partial charge in [0, 0.05) is 5.56 Å². The van der Waals surface area contributed by atoms with Crippen LogP contribution in [0, 0.1) is 0 Å². The summed E-state index contributed by atoms with van der Waals surface area (Å²) in [7, 11) is 0. The van der Waals surface area contributed by atoms with Crippen molar-refractivity contribution in [3.8, 4) is 0 Å². The van der Waals surface area contributed by atoms with Crippen molar-refractivity contribution in [1.82, 2.24) is 4.98 Å². The molecule has 0 bridgehead atoms. The highest BCUT2D eigenvalue weighted by Gasteiger charge is 2.04. The number of carbonyl (C=O) groups excluding carboxylic acids is 1. The summed E-state index contributed by atoms with van der Waals surface area (Å²) < 4.78 is 0.962. The van der Waals surface area contributed by atoms with Crippen molar-refractivity contribution in [3.63, 3.8) is 0 Å². The van der Waals surface area contributed by atoms with Gasteiger partial charge in [-0.1, -0.05) is 6.92 Å². The van der Waals surface area contributed by atoms with Gasteiger partial charge in [0.1, 0.15) is 0 Å². The maximum absolute atomic E-state index is 11.4. The summed E-state index contributed by atoms with van der Waals surface area (Å²) >= 11 is 1.40. The van der Waals surface area contributed by atoms with Gasteiger partial charge in [-0.15, -0.1) is 11.3 Å². The monoisotopic (exact) mass is 207 g/mol. The molecule has 2 heterocycles. The molecule has 14 heavy (non-hydrogen) atoms. The van der Waals surface area contributed by atoms with Gasteiger partial charge in [0.25, 0.3) is 5.56 Å². The Balaban J connectivity index is 2.76. The summed E-state index contributed by atoms with van der Waals surface area (Å²) in [6.07, 6.45) is 1.51. The van der Waals surface area contributed by atoms with Gasteiger partial charge in [-0.05, 0) is 18.6 Å². The van der Waals surface area contributed by atoms with E-state index in [-0.39, 0.29) is 5.56 Å². The first-order chi connectivity index (χ1) is 6.74. The lowest BCUT2D eigenvalue weighted by atomic mass is 10.2. The van der Waals surface area contributed by atoms with Crippen molar-refractivity contribution in [2.24, 2.45) is 0 Å². The Labute approximate surface area is 84.4 Å². The van der Waals surface area contributed by atoms with Crippen molar-refractivity contribution in [2.75, 3.05) is 0 Å². The Morgan fingerprint density at radius 1 is 1.50 bits per heavy atom. The Kier molecular flexibility index (Phi) is 2.21. The molecule has 2 rings (SSSR count). The van der Waals surface area contributed by atoms with Gasteiger partial charge >= 0.3 is 0 Å². The van der Waals surface area contributed by atoms with Crippen LogP contribution in [-0.4, -0.2) is 11.3 Å². The Morgan fingerprint density at radius 3 is 2.93 bits per heavy atom. The number of pyridine rings is 1. The van der Waals surface area contributed by atoms with Gasteiger partial charge in [-0.25, -0.2) is 0 Å². The molecule has 0 aliphatic heterocycles. The molecule has 0 aromatic carbocycles. The van der Waals surface area contributed by atoms with Crippen LogP contribution in [0.25, 0.3) is 10.2 Å². The van der Waals surface area contributed by atoms with E-state index in [9.17, 15) is 9.59 Å². The smallest absolute Gasteiger partial charge is 0.251 e. The summed E-state index contributed by atoms with van der Waals surface area (Å²) in [4.78, 5) is 25.4. The summed E-state index contributed by atoms with van der Waals surface area (Å²) in [5.74, 6) is 0. The van der Waals surface area contributed by atoms with E-state index >= 15 is 0 Å². The second-order valence-electron chi connectivity index (χ2n) is 3.02. The number of H-pyrrole nitrogens is 1. The molecule has 0 spiro atoms. The molecule has 0 saturated heterocycles. The van der Waals surface area contributed by atoms with Crippen LogP contribution in [0.15, 0.2) is 16.9 Å². The third-order valence-corrected chi connectivity index (χ3v) is 3.13. The predicted molar refractivity (Wildman–Crippen MR) is 57.2 cm³/mol. The molecule has 0 atom stereocenters. The number of aldehydes is 1. The van der Waals surface area contributed by atoms with E-state index in [1.165, 1.54) is 11.3 Å². The number of carbonyl (C=O) groups is 1. The molecular formula is C10H9NO2S. The molecule has 2 aromatic heterocycles. The number of nitrogens with one attached hydrogen (secondary N) is 1. The third-order valence-electron chi connectivity index (χ3n) is 2.12. The molecule has 0 saturated carbocycles. The fourth-order valence-corrected chi connectivity index (χ4v) is 2.28. The number of thiophene rings is 1. The number of rotatable bonds is 2. The molecule has 0 aliphatic rings. The zero-order chi connectivity index (χ0) is 10.1. The van der Waals surface area contributed by atoms with Gasteiger partial charge in [-0.2, -0.15) is 0 Å². The van der Waals surface area contributed by atoms with Crippen molar-refractivity contribution in [2.45, 2.75) is 13.3 Å². The van der Waals surface area contributed by atoms with Crippen LogP contribution in [-0.2, 0) is 6.42 Å². The SMILES string of the molecule is CCc1cc2sc(C=O)cc2[nH]c1=O. The normalized spacial score (nSPS) is 10.6. The van der Waals surface area contributed by atoms with E-state index in [2.05, 4.69) is 4.98 Å². The first kappa shape index (κ1) is 9.15.